The lowest BCUT2D eigenvalue weighted by molar-refractivity contribution is 0.102. The molecule has 0 spiro atoms. The maximum absolute atomic E-state index is 13.9. The molecule has 0 saturated carbocycles. The zero-order valence-electron chi connectivity index (χ0n) is 19.3. The molecular formula is C27H24F3N3O2. The van der Waals surface area contributed by atoms with Crippen LogP contribution in [0.3, 0.4) is 0 Å². The van der Waals surface area contributed by atoms with Gasteiger partial charge in [-0.3, -0.25) is 4.79 Å². The van der Waals surface area contributed by atoms with Crippen molar-refractivity contribution in [1.29, 1.82) is 0 Å². The minimum atomic E-state index is -1.02. The van der Waals surface area contributed by atoms with E-state index in [1.54, 1.807) is 19.9 Å². The Morgan fingerprint density at radius 3 is 2.54 bits per heavy atom. The van der Waals surface area contributed by atoms with E-state index in [1.807, 2.05) is 25.1 Å². The maximum atomic E-state index is 13.9. The van der Waals surface area contributed by atoms with Gasteiger partial charge in [-0.2, -0.15) is 4.39 Å². The lowest BCUT2D eigenvalue weighted by atomic mass is 9.98. The third-order valence-corrected chi connectivity index (χ3v) is 5.56. The van der Waals surface area contributed by atoms with Crippen LogP contribution in [0.25, 0.3) is 11.1 Å². The number of halogens is 3. The highest BCUT2D eigenvalue weighted by molar-refractivity contribution is 6.08. The van der Waals surface area contributed by atoms with Crippen LogP contribution < -0.4 is 10.1 Å². The van der Waals surface area contributed by atoms with Crippen molar-refractivity contribution in [2.45, 2.75) is 27.2 Å². The molecule has 0 saturated heterocycles. The number of carbonyl (C=O) groups excluding carboxylic acids is 1. The van der Waals surface area contributed by atoms with Gasteiger partial charge in [-0.25, -0.2) is 18.7 Å². The summed E-state index contributed by atoms with van der Waals surface area (Å²) in [6.07, 6.45) is 2.21. The molecule has 0 atom stereocenters. The second-order valence-electron chi connectivity index (χ2n) is 7.93. The summed E-state index contributed by atoms with van der Waals surface area (Å²) in [6.45, 7) is 5.24. The smallest absolute Gasteiger partial charge is 0.261 e. The number of amides is 1. The van der Waals surface area contributed by atoms with E-state index >= 15 is 0 Å². The monoisotopic (exact) mass is 479 g/mol. The molecule has 2 aromatic heterocycles. The lowest BCUT2D eigenvalue weighted by Crippen LogP contribution is -2.16. The molecule has 0 aliphatic heterocycles. The van der Waals surface area contributed by atoms with Crippen LogP contribution in [0.2, 0.25) is 0 Å². The summed E-state index contributed by atoms with van der Waals surface area (Å²) in [5.74, 6) is -2.97. The fourth-order valence-electron chi connectivity index (χ4n) is 3.67. The average molecular weight is 480 g/mol. The number of rotatable bonds is 6. The highest BCUT2D eigenvalue weighted by atomic mass is 19.2. The van der Waals surface area contributed by atoms with Crippen molar-refractivity contribution in [1.82, 2.24) is 9.97 Å². The van der Waals surface area contributed by atoms with Crippen molar-refractivity contribution < 1.29 is 24.1 Å². The first-order chi connectivity index (χ1) is 16.8. The van der Waals surface area contributed by atoms with Crippen LogP contribution in [0.15, 0.2) is 60.8 Å². The molecule has 4 rings (SSSR count). The standard InChI is InChI=1S/C27H22F3N3O2.H2/c1-4-17-6-5-7-19(12-17)33-26(34)25-15(2)20(18-8-9-21(28)22(29)13-18)14-31-27(25)35-23-10-11-24(30)32-16(23)3;/h5-14H,4H2,1-3H3,(H,33,34);1H. The Bertz CT molecular complexity index is 1430. The van der Waals surface area contributed by atoms with E-state index in [0.717, 1.165) is 30.2 Å². The fraction of sp³-hybridized carbons (Fsp3) is 0.148. The van der Waals surface area contributed by atoms with Gasteiger partial charge < -0.3 is 10.1 Å². The molecule has 180 valence electrons. The van der Waals surface area contributed by atoms with E-state index in [-0.39, 0.29) is 24.3 Å². The van der Waals surface area contributed by atoms with Crippen molar-refractivity contribution in [3.8, 4) is 22.8 Å². The highest BCUT2D eigenvalue weighted by Gasteiger charge is 2.23. The second-order valence-corrected chi connectivity index (χ2v) is 7.93. The SMILES string of the molecule is CCc1cccc(NC(=O)c2c(Oc3ccc(F)nc3C)ncc(-c3ccc(F)c(F)c3)c2C)c1.[HH]. The second kappa shape index (κ2) is 9.97. The quantitative estimate of drug-likeness (QED) is 0.302. The Labute approximate surface area is 202 Å². The van der Waals surface area contributed by atoms with Gasteiger partial charge in [0.1, 0.15) is 5.56 Å². The number of nitrogens with zero attached hydrogens (tertiary/aromatic N) is 2. The van der Waals surface area contributed by atoms with Crippen LogP contribution in [0.1, 0.15) is 35.5 Å². The lowest BCUT2D eigenvalue weighted by Gasteiger charge is -2.17. The topological polar surface area (TPSA) is 64.1 Å². The average Bonchev–Trinajstić information content (AvgIpc) is 2.83. The summed E-state index contributed by atoms with van der Waals surface area (Å²) in [5, 5.41) is 2.85. The van der Waals surface area contributed by atoms with E-state index in [1.165, 1.54) is 18.3 Å². The van der Waals surface area contributed by atoms with Crippen molar-refractivity contribution in [2.24, 2.45) is 0 Å². The summed E-state index contributed by atoms with van der Waals surface area (Å²) < 4.78 is 46.8. The van der Waals surface area contributed by atoms with Crippen molar-refractivity contribution in [3.05, 3.63) is 101 Å². The zero-order valence-corrected chi connectivity index (χ0v) is 19.3. The Kier molecular flexibility index (Phi) is 6.82. The summed E-state index contributed by atoms with van der Waals surface area (Å²) >= 11 is 0. The highest BCUT2D eigenvalue weighted by Crippen LogP contribution is 2.34. The first-order valence-corrected chi connectivity index (χ1v) is 10.9. The van der Waals surface area contributed by atoms with Gasteiger partial charge in [-0.15, -0.1) is 0 Å². The van der Waals surface area contributed by atoms with E-state index in [0.29, 0.717) is 22.4 Å². The van der Waals surface area contributed by atoms with Crippen LogP contribution in [0, 0.1) is 31.4 Å². The number of benzene rings is 2. The van der Waals surface area contributed by atoms with Gasteiger partial charge in [0.05, 0.1) is 5.69 Å². The third-order valence-electron chi connectivity index (χ3n) is 5.56. The Morgan fingerprint density at radius 1 is 1.03 bits per heavy atom. The molecule has 2 heterocycles. The first-order valence-electron chi connectivity index (χ1n) is 10.9. The van der Waals surface area contributed by atoms with Crippen LogP contribution in [0.5, 0.6) is 11.6 Å². The molecule has 8 heteroatoms. The first kappa shape index (κ1) is 23.9. The number of pyridine rings is 2. The van der Waals surface area contributed by atoms with Gasteiger partial charge in [0.2, 0.25) is 11.8 Å². The summed E-state index contributed by atoms with van der Waals surface area (Å²) in [7, 11) is 0. The maximum Gasteiger partial charge on any atom is 0.261 e. The Balaban J connectivity index is 0.00000361. The molecule has 35 heavy (non-hydrogen) atoms. The summed E-state index contributed by atoms with van der Waals surface area (Å²) in [4.78, 5) is 21.5. The molecule has 0 unspecified atom stereocenters. The van der Waals surface area contributed by atoms with Crippen LogP contribution in [0.4, 0.5) is 18.9 Å². The largest absolute Gasteiger partial charge is 0.436 e. The van der Waals surface area contributed by atoms with Crippen LogP contribution in [-0.2, 0) is 6.42 Å². The number of aromatic nitrogens is 2. The molecule has 1 N–H and O–H groups in total. The van der Waals surface area contributed by atoms with E-state index in [2.05, 4.69) is 15.3 Å². The number of hydrogen-bond acceptors (Lipinski definition) is 4. The summed E-state index contributed by atoms with van der Waals surface area (Å²) in [6, 6.07) is 13.4. The zero-order chi connectivity index (χ0) is 25.1. The molecular weight excluding hydrogens is 455 g/mol. The van der Waals surface area contributed by atoms with Crippen LogP contribution >= 0.6 is 0 Å². The Hall–Kier alpha value is -4.20. The van der Waals surface area contributed by atoms with Crippen LogP contribution in [-0.4, -0.2) is 15.9 Å². The molecule has 0 fully saturated rings. The van der Waals surface area contributed by atoms with E-state index in [9.17, 15) is 18.0 Å². The number of nitrogens with one attached hydrogen (secondary N) is 1. The molecule has 1 amide bonds. The predicted molar refractivity (Wildman–Crippen MR) is 129 cm³/mol. The predicted octanol–water partition coefficient (Wildman–Crippen LogP) is 7.03. The van der Waals surface area contributed by atoms with E-state index < -0.39 is 23.5 Å². The van der Waals surface area contributed by atoms with Crippen molar-refractivity contribution in [2.75, 3.05) is 5.32 Å². The van der Waals surface area contributed by atoms with Crippen molar-refractivity contribution >= 4 is 11.6 Å². The van der Waals surface area contributed by atoms with Crippen molar-refractivity contribution in [3.63, 3.8) is 0 Å². The molecule has 0 bridgehead atoms. The van der Waals surface area contributed by atoms with Gasteiger partial charge in [0.25, 0.3) is 5.91 Å². The normalized spacial score (nSPS) is 10.8. The Morgan fingerprint density at radius 2 is 1.83 bits per heavy atom. The van der Waals surface area contributed by atoms with Gasteiger partial charge in [-0.05, 0) is 73.4 Å². The number of ether oxygens (including phenoxy) is 1. The molecule has 0 aliphatic carbocycles. The van der Waals surface area contributed by atoms with Gasteiger partial charge in [-0.1, -0.05) is 25.1 Å². The molecule has 0 aliphatic rings. The fourth-order valence-corrected chi connectivity index (χ4v) is 3.67. The third kappa shape index (κ3) is 5.16. The number of anilines is 1. The van der Waals surface area contributed by atoms with E-state index in [4.69, 9.17) is 4.74 Å². The van der Waals surface area contributed by atoms with Gasteiger partial charge in [0, 0.05) is 18.9 Å². The summed E-state index contributed by atoms with van der Waals surface area (Å²) in [5.41, 5.74) is 3.21. The molecule has 2 aromatic carbocycles. The minimum Gasteiger partial charge on any atom is -0.436 e. The molecule has 5 nitrogen and oxygen atoms in total. The van der Waals surface area contributed by atoms with Gasteiger partial charge in [0.15, 0.2) is 17.4 Å². The molecule has 0 radical (unpaired) electrons. The molecule has 4 aromatic rings. The number of hydrogen-bond donors (Lipinski definition) is 1. The number of aryl methyl sites for hydroxylation is 2. The van der Waals surface area contributed by atoms with Gasteiger partial charge >= 0.3 is 0 Å². The minimum absolute atomic E-state index is 0. The number of carbonyl (C=O) groups is 1.